The Bertz CT molecular complexity index is 911. The number of benzene rings is 2. The molecule has 146 valence electrons. The average Bonchev–Trinajstić information content (AvgIpc) is 2.67. The summed E-state index contributed by atoms with van der Waals surface area (Å²) in [7, 11) is 1.66. The van der Waals surface area contributed by atoms with Gasteiger partial charge >= 0.3 is 0 Å². The van der Waals surface area contributed by atoms with Crippen LogP contribution in [-0.4, -0.2) is 23.2 Å². The maximum Gasteiger partial charge on any atom is 0.225 e. The Kier molecular flexibility index (Phi) is 6.32. The molecule has 0 amide bonds. The molecule has 0 atom stereocenters. The van der Waals surface area contributed by atoms with E-state index in [1.807, 2.05) is 75.4 Å². The van der Waals surface area contributed by atoms with Gasteiger partial charge in [0.25, 0.3) is 0 Å². The summed E-state index contributed by atoms with van der Waals surface area (Å²) >= 11 is 0. The SMILES string of the molecule is COc1ccc(CNc2nc(C)cc(Nc3ccccc3OC(C)C)n2)cc1. The molecule has 1 heterocycles. The van der Waals surface area contributed by atoms with E-state index in [0.29, 0.717) is 18.3 Å². The van der Waals surface area contributed by atoms with Crippen molar-refractivity contribution in [3.63, 3.8) is 0 Å². The van der Waals surface area contributed by atoms with Crippen molar-refractivity contribution in [3.05, 3.63) is 65.9 Å². The van der Waals surface area contributed by atoms with Crippen molar-refractivity contribution in [2.75, 3.05) is 17.7 Å². The summed E-state index contributed by atoms with van der Waals surface area (Å²) in [6, 6.07) is 17.6. The topological polar surface area (TPSA) is 68.3 Å². The maximum atomic E-state index is 5.87. The highest BCUT2D eigenvalue weighted by Crippen LogP contribution is 2.28. The predicted molar refractivity (Wildman–Crippen MR) is 113 cm³/mol. The Labute approximate surface area is 166 Å². The van der Waals surface area contributed by atoms with Crippen LogP contribution in [0.5, 0.6) is 11.5 Å². The molecule has 0 unspecified atom stereocenters. The van der Waals surface area contributed by atoms with E-state index in [4.69, 9.17) is 9.47 Å². The lowest BCUT2D eigenvalue weighted by atomic mass is 10.2. The summed E-state index contributed by atoms with van der Waals surface area (Å²) < 4.78 is 11.1. The summed E-state index contributed by atoms with van der Waals surface area (Å²) in [5.74, 6) is 2.91. The van der Waals surface area contributed by atoms with E-state index in [-0.39, 0.29) is 6.10 Å². The first-order valence-corrected chi connectivity index (χ1v) is 9.28. The summed E-state index contributed by atoms with van der Waals surface area (Å²) in [5.41, 5.74) is 2.86. The number of aryl methyl sites for hydroxylation is 1. The molecule has 28 heavy (non-hydrogen) atoms. The van der Waals surface area contributed by atoms with Crippen molar-refractivity contribution in [3.8, 4) is 11.5 Å². The van der Waals surface area contributed by atoms with Gasteiger partial charge in [0.1, 0.15) is 17.3 Å². The zero-order valence-electron chi connectivity index (χ0n) is 16.7. The van der Waals surface area contributed by atoms with Crippen molar-refractivity contribution in [2.24, 2.45) is 0 Å². The van der Waals surface area contributed by atoms with Gasteiger partial charge in [-0.05, 0) is 50.6 Å². The van der Waals surface area contributed by atoms with Crippen LogP contribution < -0.4 is 20.1 Å². The van der Waals surface area contributed by atoms with E-state index in [1.165, 1.54) is 0 Å². The van der Waals surface area contributed by atoms with Gasteiger partial charge < -0.3 is 20.1 Å². The number of ether oxygens (including phenoxy) is 2. The molecule has 0 aliphatic rings. The van der Waals surface area contributed by atoms with E-state index in [0.717, 1.165) is 28.4 Å². The van der Waals surface area contributed by atoms with Crippen molar-refractivity contribution in [1.82, 2.24) is 9.97 Å². The molecule has 0 spiro atoms. The van der Waals surface area contributed by atoms with E-state index in [9.17, 15) is 0 Å². The van der Waals surface area contributed by atoms with Crippen molar-refractivity contribution in [1.29, 1.82) is 0 Å². The molecule has 0 aliphatic carbocycles. The van der Waals surface area contributed by atoms with Gasteiger partial charge in [0.05, 0.1) is 18.9 Å². The fourth-order valence-electron chi connectivity index (χ4n) is 2.70. The van der Waals surface area contributed by atoms with Crippen LogP contribution in [0.25, 0.3) is 0 Å². The second-order valence-electron chi connectivity index (χ2n) is 6.71. The Morgan fingerprint density at radius 1 is 1.00 bits per heavy atom. The highest BCUT2D eigenvalue weighted by atomic mass is 16.5. The van der Waals surface area contributed by atoms with E-state index < -0.39 is 0 Å². The normalized spacial score (nSPS) is 10.6. The number of aromatic nitrogens is 2. The molecule has 2 aromatic carbocycles. The lowest BCUT2D eigenvalue weighted by Gasteiger charge is -2.16. The standard InChI is InChI=1S/C22H26N4O2/c1-15(2)28-20-8-6-5-7-19(20)25-21-13-16(3)24-22(26-21)23-14-17-9-11-18(27-4)12-10-17/h5-13,15H,14H2,1-4H3,(H2,23,24,25,26). The minimum absolute atomic E-state index is 0.0943. The number of hydrogen-bond acceptors (Lipinski definition) is 6. The van der Waals surface area contributed by atoms with Crippen LogP contribution >= 0.6 is 0 Å². The minimum Gasteiger partial charge on any atom is -0.497 e. The lowest BCUT2D eigenvalue weighted by molar-refractivity contribution is 0.244. The molecule has 3 rings (SSSR count). The number of nitrogens with zero attached hydrogens (tertiary/aromatic N) is 2. The molecular weight excluding hydrogens is 352 g/mol. The fourth-order valence-corrected chi connectivity index (χ4v) is 2.70. The lowest BCUT2D eigenvalue weighted by Crippen LogP contribution is -2.09. The number of nitrogens with one attached hydrogen (secondary N) is 2. The Hall–Kier alpha value is -3.28. The molecule has 6 nitrogen and oxygen atoms in total. The van der Waals surface area contributed by atoms with Crippen LogP contribution in [0.1, 0.15) is 25.1 Å². The van der Waals surface area contributed by atoms with Gasteiger partial charge in [0, 0.05) is 18.3 Å². The molecule has 3 aromatic rings. The van der Waals surface area contributed by atoms with Crippen LogP contribution in [0.2, 0.25) is 0 Å². The molecule has 0 radical (unpaired) electrons. The summed E-state index contributed by atoms with van der Waals surface area (Å²) in [4.78, 5) is 9.06. The number of methoxy groups -OCH3 is 1. The van der Waals surface area contributed by atoms with Crippen molar-refractivity contribution < 1.29 is 9.47 Å². The number of para-hydroxylation sites is 2. The quantitative estimate of drug-likeness (QED) is 0.579. The third-order valence-corrected chi connectivity index (χ3v) is 3.98. The molecular formula is C22H26N4O2. The fraction of sp³-hybridized carbons (Fsp3) is 0.273. The molecule has 0 fully saturated rings. The third-order valence-electron chi connectivity index (χ3n) is 3.98. The Balaban J connectivity index is 1.72. The largest absolute Gasteiger partial charge is 0.497 e. The highest BCUT2D eigenvalue weighted by molar-refractivity contribution is 5.64. The van der Waals surface area contributed by atoms with Crippen molar-refractivity contribution in [2.45, 2.75) is 33.4 Å². The predicted octanol–water partition coefficient (Wildman–Crippen LogP) is 4.94. The average molecular weight is 378 g/mol. The van der Waals surface area contributed by atoms with E-state index >= 15 is 0 Å². The van der Waals surface area contributed by atoms with Gasteiger partial charge in [-0.15, -0.1) is 0 Å². The Morgan fingerprint density at radius 2 is 1.75 bits per heavy atom. The summed E-state index contributed by atoms with van der Waals surface area (Å²) in [6.45, 7) is 6.58. The third kappa shape index (κ3) is 5.36. The molecule has 0 saturated carbocycles. The van der Waals surface area contributed by atoms with Crippen molar-refractivity contribution >= 4 is 17.5 Å². The first-order chi connectivity index (χ1) is 13.5. The first-order valence-electron chi connectivity index (χ1n) is 9.28. The monoisotopic (exact) mass is 378 g/mol. The number of hydrogen-bond donors (Lipinski definition) is 2. The van der Waals surface area contributed by atoms with Gasteiger partial charge in [-0.25, -0.2) is 4.98 Å². The number of rotatable bonds is 8. The van der Waals surface area contributed by atoms with Crippen LogP contribution in [0.4, 0.5) is 17.5 Å². The van der Waals surface area contributed by atoms with Gasteiger partial charge in [-0.1, -0.05) is 24.3 Å². The van der Waals surface area contributed by atoms with Gasteiger partial charge in [-0.3, -0.25) is 0 Å². The zero-order valence-corrected chi connectivity index (χ0v) is 16.7. The molecule has 6 heteroatoms. The highest BCUT2D eigenvalue weighted by Gasteiger charge is 2.08. The van der Waals surface area contributed by atoms with Gasteiger partial charge in [0.2, 0.25) is 5.95 Å². The smallest absolute Gasteiger partial charge is 0.225 e. The molecule has 0 aliphatic heterocycles. The number of anilines is 3. The first kappa shape index (κ1) is 19.5. The molecule has 0 bridgehead atoms. The van der Waals surface area contributed by atoms with Gasteiger partial charge in [0.15, 0.2) is 0 Å². The summed E-state index contributed by atoms with van der Waals surface area (Å²) in [6.07, 6.45) is 0.0943. The Morgan fingerprint density at radius 3 is 2.46 bits per heavy atom. The maximum absolute atomic E-state index is 5.87. The minimum atomic E-state index is 0.0943. The van der Waals surface area contributed by atoms with Gasteiger partial charge in [-0.2, -0.15) is 4.98 Å². The molecule has 2 N–H and O–H groups in total. The van der Waals surface area contributed by atoms with E-state index in [1.54, 1.807) is 7.11 Å². The van der Waals surface area contributed by atoms with E-state index in [2.05, 4.69) is 20.6 Å². The van der Waals surface area contributed by atoms with Crippen LogP contribution in [0, 0.1) is 6.92 Å². The summed E-state index contributed by atoms with van der Waals surface area (Å²) in [5, 5.41) is 6.62. The van der Waals surface area contributed by atoms with Crippen LogP contribution in [0.3, 0.4) is 0 Å². The molecule has 0 saturated heterocycles. The second kappa shape index (κ2) is 9.08. The molecule has 1 aromatic heterocycles. The van der Waals surface area contributed by atoms with Crippen LogP contribution in [-0.2, 0) is 6.54 Å². The zero-order chi connectivity index (χ0) is 19.9. The van der Waals surface area contributed by atoms with Crippen LogP contribution in [0.15, 0.2) is 54.6 Å². The second-order valence-corrected chi connectivity index (χ2v) is 6.71.